The Labute approximate surface area is 107 Å². The van der Waals surface area contributed by atoms with Gasteiger partial charge in [0.05, 0.1) is 5.69 Å². The molecule has 0 amide bonds. The van der Waals surface area contributed by atoms with Crippen LogP contribution < -0.4 is 0 Å². The van der Waals surface area contributed by atoms with Crippen LogP contribution >= 0.6 is 0 Å². The van der Waals surface area contributed by atoms with Crippen LogP contribution in [0.15, 0.2) is 72.9 Å². The molecule has 0 saturated carbocycles. The normalized spacial score (nSPS) is 10.2. The fraction of sp³-hybridized carbons (Fsp3) is 0. The third-order valence-electron chi connectivity index (χ3n) is 2.86. The summed E-state index contributed by atoms with van der Waals surface area (Å²) < 4.78 is 0. The quantitative estimate of drug-likeness (QED) is 0.642. The van der Waals surface area contributed by atoms with Crippen LogP contribution in [0.3, 0.4) is 0 Å². The fourth-order valence-electron chi connectivity index (χ4n) is 2.02. The van der Waals surface area contributed by atoms with Crippen molar-refractivity contribution in [2.45, 2.75) is 0 Å². The second kappa shape index (κ2) is 4.84. The summed E-state index contributed by atoms with van der Waals surface area (Å²) >= 11 is 0. The van der Waals surface area contributed by atoms with E-state index in [9.17, 15) is 0 Å². The molecule has 1 heterocycles. The summed E-state index contributed by atoms with van der Waals surface area (Å²) in [7, 11) is 0. The first-order valence-electron chi connectivity index (χ1n) is 5.93. The van der Waals surface area contributed by atoms with Gasteiger partial charge in [0.1, 0.15) is 0 Å². The molecule has 0 bridgehead atoms. The molecule has 0 saturated heterocycles. The number of hydrogen-bond acceptors (Lipinski definition) is 1. The molecule has 3 rings (SSSR count). The van der Waals surface area contributed by atoms with Gasteiger partial charge in [0.2, 0.25) is 0 Å². The summed E-state index contributed by atoms with van der Waals surface area (Å²) in [5.41, 5.74) is 4.35. The molecule has 2 aromatic carbocycles. The van der Waals surface area contributed by atoms with Crippen LogP contribution in [0.2, 0.25) is 0 Å². The van der Waals surface area contributed by atoms with Crippen molar-refractivity contribution >= 4 is 0 Å². The van der Waals surface area contributed by atoms with Crippen LogP contribution in [-0.4, -0.2) is 4.98 Å². The highest BCUT2D eigenvalue weighted by molar-refractivity contribution is 5.81. The summed E-state index contributed by atoms with van der Waals surface area (Å²) in [6.07, 6.45) is 1.82. The molecular formula is C17H12N. The average molecular weight is 230 g/mol. The Kier molecular flexibility index (Phi) is 2.89. The number of hydrogen-bond donors (Lipinski definition) is 0. The molecule has 18 heavy (non-hydrogen) atoms. The van der Waals surface area contributed by atoms with Gasteiger partial charge in [-0.3, -0.25) is 4.98 Å². The molecule has 0 fully saturated rings. The van der Waals surface area contributed by atoms with E-state index >= 15 is 0 Å². The first-order chi connectivity index (χ1) is 8.95. The zero-order chi connectivity index (χ0) is 12.2. The van der Waals surface area contributed by atoms with Crippen LogP contribution in [0.25, 0.3) is 22.4 Å². The first kappa shape index (κ1) is 10.7. The smallest absolute Gasteiger partial charge is 0.0708 e. The zero-order valence-electron chi connectivity index (χ0n) is 9.88. The SMILES string of the molecule is [c]1cccc(-c2ccccn2)c1-c1ccccc1. The maximum Gasteiger partial charge on any atom is 0.0708 e. The van der Waals surface area contributed by atoms with Gasteiger partial charge in [-0.25, -0.2) is 0 Å². The van der Waals surface area contributed by atoms with Crippen molar-refractivity contribution in [3.8, 4) is 22.4 Å². The fourth-order valence-corrected chi connectivity index (χ4v) is 2.02. The zero-order valence-corrected chi connectivity index (χ0v) is 9.88. The summed E-state index contributed by atoms with van der Waals surface area (Å²) in [4.78, 5) is 4.42. The first-order valence-corrected chi connectivity index (χ1v) is 5.93. The average Bonchev–Trinajstić information content (AvgIpc) is 2.49. The van der Waals surface area contributed by atoms with Gasteiger partial charge >= 0.3 is 0 Å². The minimum absolute atomic E-state index is 0.980. The van der Waals surface area contributed by atoms with Crippen LogP contribution in [0, 0.1) is 6.07 Å². The van der Waals surface area contributed by atoms with Gasteiger partial charge in [-0.1, -0.05) is 54.6 Å². The maximum atomic E-state index is 4.42. The predicted octanol–water partition coefficient (Wildman–Crippen LogP) is 4.22. The number of aromatic nitrogens is 1. The van der Waals surface area contributed by atoms with Crippen molar-refractivity contribution in [1.29, 1.82) is 0 Å². The van der Waals surface area contributed by atoms with E-state index in [-0.39, 0.29) is 0 Å². The topological polar surface area (TPSA) is 12.9 Å². The molecule has 1 radical (unpaired) electrons. The molecule has 1 heteroatoms. The van der Waals surface area contributed by atoms with E-state index in [0.29, 0.717) is 0 Å². The molecule has 0 unspecified atom stereocenters. The van der Waals surface area contributed by atoms with Gasteiger partial charge in [0.25, 0.3) is 0 Å². The molecule has 1 aromatic heterocycles. The molecule has 1 nitrogen and oxygen atoms in total. The third-order valence-corrected chi connectivity index (χ3v) is 2.86. The van der Waals surface area contributed by atoms with Crippen molar-refractivity contribution in [1.82, 2.24) is 4.98 Å². The van der Waals surface area contributed by atoms with Crippen molar-refractivity contribution in [3.05, 3.63) is 79.0 Å². The number of rotatable bonds is 2. The lowest BCUT2D eigenvalue weighted by atomic mass is 9.97. The Morgan fingerprint density at radius 1 is 0.778 bits per heavy atom. The Balaban J connectivity index is 2.18. The van der Waals surface area contributed by atoms with Gasteiger partial charge in [0.15, 0.2) is 0 Å². The Hall–Kier alpha value is -2.41. The van der Waals surface area contributed by atoms with Crippen molar-refractivity contribution in [2.75, 3.05) is 0 Å². The molecule has 0 atom stereocenters. The van der Waals surface area contributed by atoms with Crippen LogP contribution in [0.5, 0.6) is 0 Å². The summed E-state index contributed by atoms with van der Waals surface area (Å²) in [5.74, 6) is 0. The lowest BCUT2D eigenvalue weighted by Crippen LogP contribution is -1.87. The van der Waals surface area contributed by atoms with Gasteiger partial charge in [-0.05, 0) is 29.3 Å². The van der Waals surface area contributed by atoms with E-state index in [1.54, 1.807) is 0 Å². The molecule has 0 aliphatic rings. The van der Waals surface area contributed by atoms with Gasteiger partial charge in [0, 0.05) is 11.8 Å². The van der Waals surface area contributed by atoms with Gasteiger partial charge in [-0.15, -0.1) is 0 Å². The van der Waals surface area contributed by atoms with E-state index in [1.165, 1.54) is 5.56 Å². The second-order valence-corrected chi connectivity index (χ2v) is 4.04. The summed E-state index contributed by atoms with van der Waals surface area (Å²) in [6, 6.07) is 25.6. The highest BCUT2D eigenvalue weighted by Gasteiger charge is 2.06. The van der Waals surface area contributed by atoms with Crippen molar-refractivity contribution < 1.29 is 0 Å². The molecule has 0 aliphatic heterocycles. The molecular weight excluding hydrogens is 218 g/mol. The maximum absolute atomic E-state index is 4.42. The van der Waals surface area contributed by atoms with E-state index in [4.69, 9.17) is 0 Å². The minimum Gasteiger partial charge on any atom is -0.256 e. The van der Waals surface area contributed by atoms with E-state index < -0.39 is 0 Å². The summed E-state index contributed by atoms with van der Waals surface area (Å²) in [6.45, 7) is 0. The third kappa shape index (κ3) is 2.03. The number of benzene rings is 2. The van der Waals surface area contributed by atoms with Gasteiger partial charge < -0.3 is 0 Å². The molecule has 3 aromatic rings. The lowest BCUT2D eigenvalue weighted by Gasteiger charge is -2.08. The molecule has 85 valence electrons. The van der Waals surface area contributed by atoms with Crippen LogP contribution in [0.4, 0.5) is 0 Å². The number of nitrogens with zero attached hydrogens (tertiary/aromatic N) is 1. The Bertz CT molecular complexity index is 572. The molecule has 0 spiro atoms. The standard InChI is InChI=1S/C17H12N/c1-2-8-14(9-3-1)15-10-4-5-11-16(15)17-12-6-7-13-18-17/h1-9,11-13H. The molecule has 0 N–H and O–H groups in total. The van der Waals surface area contributed by atoms with E-state index in [0.717, 1.165) is 16.8 Å². The second-order valence-electron chi connectivity index (χ2n) is 4.04. The van der Waals surface area contributed by atoms with E-state index in [1.807, 2.05) is 54.7 Å². The van der Waals surface area contributed by atoms with Crippen LogP contribution in [0.1, 0.15) is 0 Å². The van der Waals surface area contributed by atoms with Gasteiger partial charge in [-0.2, -0.15) is 0 Å². The Morgan fingerprint density at radius 2 is 1.61 bits per heavy atom. The minimum atomic E-state index is 0.980. The predicted molar refractivity (Wildman–Crippen MR) is 73.9 cm³/mol. The van der Waals surface area contributed by atoms with Crippen LogP contribution in [-0.2, 0) is 0 Å². The largest absolute Gasteiger partial charge is 0.256 e. The summed E-state index contributed by atoms with van der Waals surface area (Å²) in [5, 5.41) is 0. The highest BCUT2D eigenvalue weighted by Crippen LogP contribution is 2.29. The molecule has 0 aliphatic carbocycles. The van der Waals surface area contributed by atoms with E-state index in [2.05, 4.69) is 29.2 Å². The van der Waals surface area contributed by atoms with Crippen molar-refractivity contribution in [2.24, 2.45) is 0 Å². The van der Waals surface area contributed by atoms with Crippen molar-refractivity contribution in [3.63, 3.8) is 0 Å². The highest BCUT2D eigenvalue weighted by atomic mass is 14.7. The lowest BCUT2D eigenvalue weighted by molar-refractivity contribution is 1.33. The Morgan fingerprint density at radius 3 is 2.39 bits per heavy atom. The number of pyridine rings is 1. The monoisotopic (exact) mass is 230 g/mol.